The molecule has 0 saturated carbocycles. The Morgan fingerprint density at radius 3 is 1.31 bits per heavy atom. The van der Waals surface area contributed by atoms with Crippen LogP contribution in [0.15, 0.2) is 91.0 Å². The zero-order chi connectivity index (χ0) is 24.2. The van der Waals surface area contributed by atoms with E-state index in [9.17, 15) is 0 Å². The van der Waals surface area contributed by atoms with E-state index in [0.717, 1.165) is 0 Å². The van der Waals surface area contributed by atoms with Gasteiger partial charge < -0.3 is 0 Å². The van der Waals surface area contributed by atoms with Crippen LogP contribution >= 0.6 is 11.3 Å². The lowest BCUT2D eigenvalue weighted by atomic mass is 9.97. The molecule has 6 aromatic rings. The second-order valence-corrected chi connectivity index (χ2v) is 11.2. The molecule has 0 bridgehead atoms. The van der Waals surface area contributed by atoms with Crippen molar-refractivity contribution in [2.75, 3.05) is 0 Å². The molecule has 1 heteroatoms. The Kier molecular flexibility index (Phi) is 7.16. The van der Waals surface area contributed by atoms with E-state index in [4.69, 9.17) is 0 Å². The van der Waals surface area contributed by atoms with E-state index in [2.05, 4.69) is 112 Å². The highest BCUT2D eigenvalue weighted by Gasteiger charge is 2.03. The summed E-state index contributed by atoms with van der Waals surface area (Å²) >= 11 is 1.93. The average Bonchev–Trinajstić information content (AvgIpc) is 3.19. The number of thiophene rings is 1. The van der Waals surface area contributed by atoms with Crippen molar-refractivity contribution in [1.29, 1.82) is 0 Å². The van der Waals surface area contributed by atoms with Gasteiger partial charge in [-0.1, -0.05) is 74.7 Å². The Hall–Kier alpha value is -3.16. The molecule has 35 heavy (non-hydrogen) atoms. The van der Waals surface area contributed by atoms with Gasteiger partial charge in [-0.25, -0.2) is 0 Å². The number of unbranched alkanes of at least 4 members (excludes halogenated alkanes) is 3. The van der Waals surface area contributed by atoms with Gasteiger partial charge in [-0.15, -0.1) is 11.3 Å². The molecule has 176 valence electrons. The van der Waals surface area contributed by atoms with E-state index in [-0.39, 0.29) is 0 Å². The third kappa shape index (κ3) is 5.41. The lowest BCUT2D eigenvalue weighted by Crippen LogP contribution is -1.84. The fourth-order valence-corrected chi connectivity index (χ4v) is 6.04. The van der Waals surface area contributed by atoms with Gasteiger partial charge in [-0.05, 0) is 118 Å². The summed E-state index contributed by atoms with van der Waals surface area (Å²) in [5, 5.41) is 10.4. The molecule has 5 aromatic carbocycles. The third-order valence-electron chi connectivity index (χ3n) is 6.97. The molecule has 0 atom stereocenters. The number of rotatable bonds is 5. The molecular weight excluding hydrogens is 440 g/mol. The quantitative estimate of drug-likeness (QED) is 0.172. The maximum Gasteiger partial charge on any atom is 0.00490 e. The van der Waals surface area contributed by atoms with Crippen LogP contribution < -0.4 is 0 Å². The summed E-state index contributed by atoms with van der Waals surface area (Å²) in [6.07, 6.45) is 6.77. The predicted octanol–water partition coefficient (Wildman–Crippen LogP) is 10.8. The highest BCUT2D eigenvalue weighted by atomic mass is 32.1. The maximum atomic E-state index is 2.35. The standard InChI is InChI=1S/C22H14.C12H20S/c1-2-6-16-10-20-14-22-12-18-8-4-3-7-17(18)11-21(22)13-19(20)9-15(16)5-1;1-4-5-6-7-8-12-9-10(2)13-11(12)3/h1-14H;9H,4-8H2,1-3H3. The number of hydrogen-bond donors (Lipinski definition) is 0. The molecule has 0 radical (unpaired) electrons. The van der Waals surface area contributed by atoms with Gasteiger partial charge in [0.05, 0.1) is 0 Å². The Morgan fingerprint density at radius 1 is 0.514 bits per heavy atom. The topological polar surface area (TPSA) is 0 Å². The molecule has 0 aliphatic rings. The minimum Gasteiger partial charge on any atom is -0.146 e. The minimum atomic E-state index is 1.29. The molecule has 1 heterocycles. The van der Waals surface area contributed by atoms with E-state index < -0.39 is 0 Å². The zero-order valence-electron chi connectivity index (χ0n) is 21.1. The van der Waals surface area contributed by atoms with Gasteiger partial charge >= 0.3 is 0 Å². The summed E-state index contributed by atoms with van der Waals surface area (Å²) in [7, 11) is 0. The lowest BCUT2D eigenvalue weighted by Gasteiger charge is -2.07. The molecule has 1 aromatic heterocycles. The van der Waals surface area contributed by atoms with Crippen LogP contribution in [0, 0.1) is 13.8 Å². The van der Waals surface area contributed by atoms with E-state index >= 15 is 0 Å². The van der Waals surface area contributed by atoms with E-state index in [1.54, 1.807) is 5.56 Å². The van der Waals surface area contributed by atoms with Crippen LogP contribution in [0.5, 0.6) is 0 Å². The van der Waals surface area contributed by atoms with Crippen molar-refractivity contribution in [2.45, 2.75) is 52.9 Å². The average molecular weight is 475 g/mol. The first-order valence-electron chi connectivity index (χ1n) is 12.9. The molecule has 0 N–H and O–H groups in total. The van der Waals surface area contributed by atoms with Crippen molar-refractivity contribution >= 4 is 54.4 Å². The smallest absolute Gasteiger partial charge is 0.00490 e. The Labute approximate surface area is 213 Å². The Bertz CT molecular complexity index is 1420. The maximum absolute atomic E-state index is 2.35. The normalized spacial score (nSPS) is 11.3. The van der Waals surface area contributed by atoms with Crippen molar-refractivity contribution in [2.24, 2.45) is 0 Å². The molecule has 0 amide bonds. The first-order chi connectivity index (χ1) is 17.1. The lowest BCUT2D eigenvalue weighted by molar-refractivity contribution is 0.666. The van der Waals surface area contributed by atoms with E-state index in [0.29, 0.717) is 0 Å². The van der Waals surface area contributed by atoms with Gasteiger partial charge in [0, 0.05) is 9.75 Å². The van der Waals surface area contributed by atoms with Gasteiger partial charge in [0.2, 0.25) is 0 Å². The van der Waals surface area contributed by atoms with Crippen molar-refractivity contribution in [3.8, 4) is 0 Å². The minimum absolute atomic E-state index is 1.29. The van der Waals surface area contributed by atoms with Gasteiger partial charge in [0.15, 0.2) is 0 Å². The van der Waals surface area contributed by atoms with Crippen LogP contribution in [0.1, 0.15) is 47.9 Å². The Balaban J connectivity index is 0.000000168. The van der Waals surface area contributed by atoms with Crippen molar-refractivity contribution in [3.63, 3.8) is 0 Å². The SMILES string of the molecule is CCCCCCc1cc(C)sc1C.c1ccc2cc3cc4cc5ccccc5cc4cc3cc2c1. The van der Waals surface area contributed by atoms with E-state index in [1.807, 2.05) is 11.3 Å². The molecule has 0 fully saturated rings. The largest absolute Gasteiger partial charge is 0.146 e. The predicted molar refractivity (Wildman–Crippen MR) is 158 cm³/mol. The summed E-state index contributed by atoms with van der Waals surface area (Å²) in [4.78, 5) is 2.98. The second kappa shape index (κ2) is 10.6. The molecule has 0 nitrogen and oxygen atoms in total. The number of benzene rings is 5. The molecule has 0 aliphatic heterocycles. The third-order valence-corrected chi connectivity index (χ3v) is 7.98. The highest BCUT2D eigenvalue weighted by molar-refractivity contribution is 7.12. The van der Waals surface area contributed by atoms with Crippen LogP contribution in [0.25, 0.3) is 43.1 Å². The van der Waals surface area contributed by atoms with Gasteiger partial charge in [-0.2, -0.15) is 0 Å². The van der Waals surface area contributed by atoms with Crippen molar-refractivity contribution < 1.29 is 0 Å². The van der Waals surface area contributed by atoms with Crippen LogP contribution in [-0.2, 0) is 6.42 Å². The molecule has 6 rings (SSSR count). The van der Waals surface area contributed by atoms with Gasteiger partial charge in [0.25, 0.3) is 0 Å². The fraction of sp³-hybridized carbons (Fsp3) is 0.235. The number of hydrogen-bond acceptors (Lipinski definition) is 1. The summed E-state index contributed by atoms with van der Waals surface area (Å²) in [5.41, 5.74) is 1.58. The van der Waals surface area contributed by atoms with Crippen LogP contribution in [0.4, 0.5) is 0 Å². The fourth-order valence-electron chi connectivity index (χ4n) is 5.06. The second-order valence-electron chi connectivity index (χ2n) is 9.69. The molecule has 0 unspecified atom stereocenters. The van der Waals surface area contributed by atoms with Crippen LogP contribution in [-0.4, -0.2) is 0 Å². The van der Waals surface area contributed by atoms with Crippen LogP contribution in [0.2, 0.25) is 0 Å². The van der Waals surface area contributed by atoms with Crippen molar-refractivity contribution in [3.05, 3.63) is 106 Å². The molecular formula is C34H34S. The monoisotopic (exact) mass is 474 g/mol. The summed E-state index contributed by atoms with van der Waals surface area (Å²) in [6, 6.07) is 33.3. The van der Waals surface area contributed by atoms with Gasteiger partial charge in [-0.3, -0.25) is 0 Å². The Morgan fingerprint density at radius 2 is 0.943 bits per heavy atom. The first kappa shape index (κ1) is 23.6. The van der Waals surface area contributed by atoms with Crippen LogP contribution in [0.3, 0.4) is 0 Å². The first-order valence-corrected chi connectivity index (χ1v) is 13.7. The number of fused-ring (bicyclic) bond motifs is 4. The summed E-state index contributed by atoms with van der Waals surface area (Å²) < 4.78 is 0. The molecule has 0 aliphatic carbocycles. The molecule has 0 spiro atoms. The summed E-state index contributed by atoms with van der Waals surface area (Å²) in [6.45, 7) is 6.71. The summed E-state index contributed by atoms with van der Waals surface area (Å²) in [5.74, 6) is 0. The zero-order valence-corrected chi connectivity index (χ0v) is 21.9. The number of aryl methyl sites for hydroxylation is 3. The van der Waals surface area contributed by atoms with E-state index in [1.165, 1.54) is 84.9 Å². The van der Waals surface area contributed by atoms with Gasteiger partial charge in [0.1, 0.15) is 0 Å². The highest BCUT2D eigenvalue weighted by Crippen LogP contribution is 2.30. The molecule has 0 saturated heterocycles. The van der Waals surface area contributed by atoms with Crippen molar-refractivity contribution in [1.82, 2.24) is 0 Å².